The van der Waals surface area contributed by atoms with E-state index in [0.717, 1.165) is 24.5 Å². The maximum absolute atomic E-state index is 12.9. The fourth-order valence-corrected chi connectivity index (χ4v) is 5.64. The van der Waals surface area contributed by atoms with Gasteiger partial charge in [-0.25, -0.2) is 13.1 Å². The Morgan fingerprint density at radius 2 is 1.86 bits per heavy atom. The Hall–Kier alpha value is -1.18. The highest BCUT2D eigenvalue weighted by atomic mass is 32.2. The topological polar surface area (TPSA) is 77.4 Å². The predicted octanol–water partition coefficient (Wildman–Crippen LogP) is 3.18. The van der Waals surface area contributed by atoms with Crippen molar-refractivity contribution in [3.63, 3.8) is 0 Å². The van der Waals surface area contributed by atoms with Gasteiger partial charge in [0.05, 0.1) is 24.5 Å². The molecule has 1 aliphatic carbocycles. The largest absolute Gasteiger partial charge is 0.376 e. The molecule has 1 aromatic heterocycles. The van der Waals surface area contributed by atoms with E-state index in [0.29, 0.717) is 30.9 Å². The molecule has 0 radical (unpaired) electrons. The second-order valence-electron chi connectivity index (χ2n) is 9.03. The van der Waals surface area contributed by atoms with Crippen molar-refractivity contribution in [1.82, 2.24) is 9.29 Å². The van der Waals surface area contributed by atoms with Gasteiger partial charge in [0.15, 0.2) is 0 Å². The van der Waals surface area contributed by atoms with E-state index in [2.05, 4.69) is 18.6 Å². The van der Waals surface area contributed by atoms with Crippen LogP contribution in [0.2, 0.25) is 0 Å². The first-order valence-electron chi connectivity index (χ1n) is 11.0. The van der Waals surface area contributed by atoms with Gasteiger partial charge in [-0.1, -0.05) is 19.9 Å². The van der Waals surface area contributed by atoms with E-state index in [1.54, 1.807) is 18.4 Å². The molecule has 29 heavy (non-hydrogen) atoms. The maximum atomic E-state index is 12.9. The van der Waals surface area contributed by atoms with E-state index in [1.165, 1.54) is 12.8 Å². The normalized spacial score (nSPS) is 27.8. The summed E-state index contributed by atoms with van der Waals surface area (Å²) in [6, 6.07) is 3.21. The smallest absolute Gasteiger partial charge is 0.254 e. The summed E-state index contributed by atoms with van der Waals surface area (Å²) in [5.74, 6) is 1.50. The predicted molar refractivity (Wildman–Crippen MR) is 116 cm³/mol. The van der Waals surface area contributed by atoms with Gasteiger partial charge in [0.25, 0.3) is 5.56 Å². The van der Waals surface area contributed by atoms with Crippen molar-refractivity contribution in [2.75, 3.05) is 12.4 Å². The minimum absolute atomic E-state index is 0.0336. The third-order valence-corrected chi connectivity index (χ3v) is 8.20. The molecule has 7 heteroatoms. The van der Waals surface area contributed by atoms with Crippen LogP contribution in [0.1, 0.15) is 70.2 Å². The van der Waals surface area contributed by atoms with Crippen LogP contribution in [0, 0.1) is 18.8 Å². The van der Waals surface area contributed by atoms with Crippen LogP contribution >= 0.6 is 0 Å². The summed E-state index contributed by atoms with van der Waals surface area (Å²) in [6.45, 7) is 8.37. The maximum Gasteiger partial charge on any atom is 0.254 e. The molecule has 1 saturated carbocycles. The summed E-state index contributed by atoms with van der Waals surface area (Å²) in [7, 11) is -3.36. The van der Waals surface area contributed by atoms with Crippen LogP contribution in [0.25, 0.3) is 0 Å². The van der Waals surface area contributed by atoms with E-state index in [-0.39, 0.29) is 29.5 Å². The SMILES string of the molecule is CCS(=O)(=O)NC1CCc2ccc(C)c(=O)n2C1COC1CCC(C(C)C)CC1. The molecular formula is C22H36N2O4S. The van der Waals surface area contributed by atoms with Gasteiger partial charge in [-0.15, -0.1) is 0 Å². The van der Waals surface area contributed by atoms with Crippen molar-refractivity contribution in [1.29, 1.82) is 0 Å². The molecular weight excluding hydrogens is 388 g/mol. The van der Waals surface area contributed by atoms with E-state index < -0.39 is 10.0 Å². The molecule has 2 aliphatic rings. The molecule has 3 rings (SSSR count). The highest BCUT2D eigenvalue weighted by molar-refractivity contribution is 7.89. The lowest BCUT2D eigenvalue weighted by Gasteiger charge is -2.37. The summed E-state index contributed by atoms with van der Waals surface area (Å²) in [4.78, 5) is 12.9. The monoisotopic (exact) mass is 424 g/mol. The molecule has 2 unspecified atom stereocenters. The number of aryl methyl sites for hydroxylation is 2. The van der Waals surface area contributed by atoms with Gasteiger partial charge in [0, 0.05) is 17.3 Å². The average molecular weight is 425 g/mol. The van der Waals surface area contributed by atoms with Gasteiger partial charge in [-0.3, -0.25) is 4.79 Å². The number of nitrogens with one attached hydrogen (secondary N) is 1. The van der Waals surface area contributed by atoms with E-state index in [1.807, 2.05) is 12.1 Å². The summed E-state index contributed by atoms with van der Waals surface area (Å²) >= 11 is 0. The van der Waals surface area contributed by atoms with Gasteiger partial charge in [0.1, 0.15) is 0 Å². The van der Waals surface area contributed by atoms with Crippen LogP contribution in [-0.2, 0) is 21.2 Å². The Morgan fingerprint density at radius 3 is 2.48 bits per heavy atom. The quantitative estimate of drug-likeness (QED) is 0.729. The van der Waals surface area contributed by atoms with E-state index in [9.17, 15) is 13.2 Å². The summed E-state index contributed by atoms with van der Waals surface area (Å²) in [5, 5.41) is 0. The molecule has 1 aliphatic heterocycles. The van der Waals surface area contributed by atoms with Crippen LogP contribution < -0.4 is 10.3 Å². The molecule has 2 atom stereocenters. The average Bonchev–Trinajstić information content (AvgIpc) is 2.70. The van der Waals surface area contributed by atoms with Gasteiger partial charge in [-0.2, -0.15) is 0 Å². The number of hydrogen-bond acceptors (Lipinski definition) is 4. The number of nitrogens with zero attached hydrogens (tertiary/aromatic N) is 1. The van der Waals surface area contributed by atoms with Gasteiger partial charge < -0.3 is 9.30 Å². The lowest BCUT2D eigenvalue weighted by molar-refractivity contribution is -0.0103. The Kier molecular flexibility index (Phi) is 7.23. The number of ether oxygens (including phenoxy) is 1. The zero-order valence-corrected chi connectivity index (χ0v) is 19.0. The van der Waals surface area contributed by atoms with Crippen LogP contribution in [-0.4, -0.2) is 37.5 Å². The molecule has 0 spiro atoms. The number of rotatable bonds is 7. The first-order chi connectivity index (χ1) is 13.7. The molecule has 1 aromatic rings. The van der Waals surface area contributed by atoms with Gasteiger partial charge >= 0.3 is 0 Å². The van der Waals surface area contributed by atoms with E-state index in [4.69, 9.17) is 4.74 Å². The number of pyridine rings is 1. The number of sulfonamides is 1. The summed E-state index contributed by atoms with van der Waals surface area (Å²) in [5.41, 5.74) is 1.60. The van der Waals surface area contributed by atoms with Crippen molar-refractivity contribution < 1.29 is 13.2 Å². The lowest BCUT2D eigenvalue weighted by Crippen LogP contribution is -2.50. The summed E-state index contributed by atoms with van der Waals surface area (Å²) < 4.78 is 35.4. The van der Waals surface area contributed by atoms with Crippen LogP contribution in [0.3, 0.4) is 0 Å². The molecule has 0 aromatic carbocycles. The molecule has 0 amide bonds. The van der Waals surface area contributed by atoms with Gasteiger partial charge in [0.2, 0.25) is 10.0 Å². The molecule has 0 bridgehead atoms. The highest BCUT2D eigenvalue weighted by Gasteiger charge is 2.34. The third-order valence-electron chi connectivity index (χ3n) is 6.77. The van der Waals surface area contributed by atoms with Crippen molar-refractivity contribution in [3.05, 3.63) is 33.7 Å². The van der Waals surface area contributed by atoms with E-state index >= 15 is 0 Å². The highest BCUT2D eigenvalue weighted by Crippen LogP contribution is 2.32. The third kappa shape index (κ3) is 5.30. The lowest BCUT2D eigenvalue weighted by atomic mass is 9.80. The van der Waals surface area contributed by atoms with Crippen molar-refractivity contribution >= 4 is 10.0 Å². The molecule has 1 N–H and O–H groups in total. The standard InChI is InChI=1S/C22H36N2O4S/c1-5-29(26,27)23-20-13-10-18-9-6-16(4)22(25)24(18)21(20)14-28-19-11-7-17(8-12-19)15(2)3/h6,9,15,17,19-21,23H,5,7-8,10-14H2,1-4H3. The number of fused-ring (bicyclic) bond motifs is 1. The first kappa shape index (κ1) is 22.5. The van der Waals surface area contributed by atoms with Crippen LogP contribution in [0.4, 0.5) is 0 Å². The van der Waals surface area contributed by atoms with Crippen molar-refractivity contribution in [3.8, 4) is 0 Å². The minimum Gasteiger partial charge on any atom is -0.376 e. The Labute approximate surface area is 175 Å². The first-order valence-corrected chi connectivity index (χ1v) is 12.7. The Morgan fingerprint density at radius 1 is 1.17 bits per heavy atom. The minimum atomic E-state index is -3.36. The molecule has 0 saturated heterocycles. The fourth-order valence-electron chi connectivity index (χ4n) is 4.74. The second-order valence-corrected chi connectivity index (χ2v) is 11.1. The zero-order valence-electron chi connectivity index (χ0n) is 18.2. The summed E-state index contributed by atoms with van der Waals surface area (Å²) in [6.07, 6.45) is 5.98. The molecule has 1 fully saturated rings. The van der Waals surface area contributed by atoms with Crippen molar-refractivity contribution in [2.24, 2.45) is 11.8 Å². The van der Waals surface area contributed by atoms with Crippen LogP contribution in [0.5, 0.6) is 0 Å². The molecule has 6 nitrogen and oxygen atoms in total. The van der Waals surface area contributed by atoms with Crippen molar-refractivity contribution in [2.45, 2.75) is 84.4 Å². The second kappa shape index (κ2) is 9.31. The van der Waals surface area contributed by atoms with Gasteiger partial charge in [-0.05, 0) is 70.3 Å². The Balaban J connectivity index is 1.78. The molecule has 164 valence electrons. The molecule has 2 heterocycles. The van der Waals surface area contributed by atoms with Crippen LogP contribution in [0.15, 0.2) is 16.9 Å². The number of hydrogen-bond donors (Lipinski definition) is 1. The number of aromatic nitrogens is 1. The zero-order chi connectivity index (χ0) is 21.2. The Bertz CT molecular complexity index is 854. The fraction of sp³-hybridized carbons (Fsp3) is 0.773.